The highest BCUT2D eigenvalue weighted by Crippen LogP contribution is 2.13. The highest BCUT2D eigenvalue weighted by molar-refractivity contribution is 7.88. The lowest BCUT2D eigenvalue weighted by Gasteiger charge is -2.12. The first-order valence-corrected chi connectivity index (χ1v) is 6.90. The Kier molecular flexibility index (Phi) is 4.32. The molecule has 0 spiro atoms. The van der Waals surface area contributed by atoms with Crippen molar-refractivity contribution in [3.8, 4) is 5.75 Å². The van der Waals surface area contributed by atoms with E-state index in [0.717, 1.165) is 17.6 Å². The van der Waals surface area contributed by atoms with Crippen molar-refractivity contribution in [3.63, 3.8) is 0 Å². The standard InChI is InChI=1S/C11H17NO3S/c1-9(12-16(3,13)14)7-10-5-4-6-11(8-10)15-2/h4-6,8-9,12H,7H2,1-3H3. The van der Waals surface area contributed by atoms with E-state index in [0.29, 0.717) is 6.42 Å². The molecule has 0 saturated heterocycles. The van der Waals surface area contributed by atoms with E-state index in [1.807, 2.05) is 31.2 Å². The van der Waals surface area contributed by atoms with Crippen LogP contribution in [0.3, 0.4) is 0 Å². The molecule has 16 heavy (non-hydrogen) atoms. The fourth-order valence-corrected chi connectivity index (χ4v) is 2.37. The summed E-state index contributed by atoms with van der Waals surface area (Å²) in [5, 5.41) is 0. The molecule has 0 aromatic heterocycles. The van der Waals surface area contributed by atoms with Gasteiger partial charge in [0.25, 0.3) is 0 Å². The summed E-state index contributed by atoms with van der Waals surface area (Å²) in [6, 6.07) is 7.48. The van der Waals surface area contributed by atoms with Crippen molar-refractivity contribution in [3.05, 3.63) is 29.8 Å². The normalized spacial score (nSPS) is 13.4. The molecule has 0 radical (unpaired) electrons. The lowest BCUT2D eigenvalue weighted by Crippen LogP contribution is -2.33. The maximum absolute atomic E-state index is 11.0. The maximum atomic E-state index is 11.0. The number of methoxy groups -OCH3 is 1. The summed E-state index contributed by atoms with van der Waals surface area (Å²) in [5.74, 6) is 0.782. The third kappa shape index (κ3) is 4.63. The summed E-state index contributed by atoms with van der Waals surface area (Å²) in [5.41, 5.74) is 1.04. The van der Waals surface area contributed by atoms with Crippen molar-refractivity contribution in [1.29, 1.82) is 0 Å². The molecule has 1 aromatic carbocycles. The average molecular weight is 243 g/mol. The number of hydrogen-bond acceptors (Lipinski definition) is 3. The quantitative estimate of drug-likeness (QED) is 0.844. The van der Waals surface area contributed by atoms with Crippen LogP contribution in [0, 0.1) is 0 Å². The van der Waals surface area contributed by atoms with Gasteiger partial charge in [0.2, 0.25) is 10.0 Å². The lowest BCUT2D eigenvalue weighted by atomic mass is 10.1. The zero-order chi connectivity index (χ0) is 12.2. The third-order valence-electron chi connectivity index (χ3n) is 2.09. The van der Waals surface area contributed by atoms with E-state index in [1.165, 1.54) is 0 Å². The highest BCUT2D eigenvalue weighted by Gasteiger charge is 2.09. The Labute approximate surface area is 96.7 Å². The number of rotatable bonds is 5. The fraction of sp³-hybridized carbons (Fsp3) is 0.455. The first-order chi connectivity index (χ1) is 7.40. The third-order valence-corrected chi connectivity index (χ3v) is 2.92. The van der Waals surface area contributed by atoms with E-state index in [1.54, 1.807) is 7.11 Å². The fourth-order valence-electron chi connectivity index (χ4n) is 1.56. The summed E-state index contributed by atoms with van der Waals surface area (Å²) < 4.78 is 29.7. The largest absolute Gasteiger partial charge is 0.497 e. The zero-order valence-electron chi connectivity index (χ0n) is 9.73. The van der Waals surface area contributed by atoms with Crippen LogP contribution in [-0.4, -0.2) is 27.8 Å². The molecular formula is C11H17NO3S. The topological polar surface area (TPSA) is 55.4 Å². The second-order valence-electron chi connectivity index (χ2n) is 3.85. The summed E-state index contributed by atoms with van der Waals surface area (Å²) in [4.78, 5) is 0. The van der Waals surface area contributed by atoms with Gasteiger partial charge >= 0.3 is 0 Å². The van der Waals surface area contributed by atoms with Crippen molar-refractivity contribution < 1.29 is 13.2 Å². The zero-order valence-corrected chi connectivity index (χ0v) is 10.5. The van der Waals surface area contributed by atoms with Crippen molar-refractivity contribution in [2.75, 3.05) is 13.4 Å². The first-order valence-electron chi connectivity index (χ1n) is 5.01. The molecule has 0 amide bonds. The molecule has 0 fully saturated rings. The Morgan fingerprint density at radius 1 is 1.44 bits per heavy atom. The van der Waals surface area contributed by atoms with Gasteiger partial charge in [0.05, 0.1) is 13.4 Å². The molecule has 0 aliphatic heterocycles. The van der Waals surface area contributed by atoms with Gasteiger partial charge in [0.15, 0.2) is 0 Å². The Morgan fingerprint density at radius 3 is 2.69 bits per heavy atom. The van der Waals surface area contributed by atoms with E-state index in [9.17, 15) is 8.42 Å². The van der Waals surface area contributed by atoms with Crippen LogP contribution in [0.1, 0.15) is 12.5 Å². The van der Waals surface area contributed by atoms with Crippen molar-refractivity contribution in [2.45, 2.75) is 19.4 Å². The summed E-state index contributed by atoms with van der Waals surface area (Å²) in [6.45, 7) is 1.83. The van der Waals surface area contributed by atoms with Gasteiger partial charge in [-0.1, -0.05) is 12.1 Å². The number of hydrogen-bond donors (Lipinski definition) is 1. The Bertz CT molecular complexity index is 442. The lowest BCUT2D eigenvalue weighted by molar-refractivity contribution is 0.414. The minimum absolute atomic E-state index is 0.123. The smallest absolute Gasteiger partial charge is 0.208 e. The summed E-state index contributed by atoms with van der Waals surface area (Å²) >= 11 is 0. The van der Waals surface area contributed by atoms with Gasteiger partial charge in [0, 0.05) is 6.04 Å². The van der Waals surface area contributed by atoms with Crippen molar-refractivity contribution >= 4 is 10.0 Å². The second-order valence-corrected chi connectivity index (χ2v) is 5.63. The summed E-state index contributed by atoms with van der Waals surface area (Å²) in [7, 11) is -1.53. The van der Waals surface area contributed by atoms with Crippen LogP contribution in [0.15, 0.2) is 24.3 Å². The molecule has 1 unspecified atom stereocenters. The summed E-state index contributed by atoms with van der Waals surface area (Å²) in [6.07, 6.45) is 1.80. The van der Waals surface area contributed by atoms with Gasteiger partial charge in [-0.2, -0.15) is 0 Å². The predicted molar refractivity (Wildman–Crippen MR) is 64.1 cm³/mol. The molecule has 1 atom stereocenters. The van der Waals surface area contributed by atoms with Crippen LogP contribution >= 0.6 is 0 Å². The molecule has 0 heterocycles. The Hall–Kier alpha value is -1.07. The van der Waals surface area contributed by atoms with E-state index in [4.69, 9.17) is 4.74 Å². The Morgan fingerprint density at radius 2 is 2.12 bits per heavy atom. The molecule has 1 aromatic rings. The minimum atomic E-state index is -3.14. The van der Waals surface area contributed by atoms with Crippen LogP contribution in [0.25, 0.3) is 0 Å². The van der Waals surface area contributed by atoms with Crippen LogP contribution in [-0.2, 0) is 16.4 Å². The number of ether oxygens (including phenoxy) is 1. The molecule has 1 rings (SSSR count). The van der Waals surface area contributed by atoms with Crippen LogP contribution in [0.5, 0.6) is 5.75 Å². The number of benzene rings is 1. The van der Waals surface area contributed by atoms with E-state index in [-0.39, 0.29) is 6.04 Å². The van der Waals surface area contributed by atoms with E-state index >= 15 is 0 Å². The SMILES string of the molecule is COc1cccc(CC(C)NS(C)(=O)=O)c1. The number of sulfonamides is 1. The maximum Gasteiger partial charge on any atom is 0.208 e. The van der Waals surface area contributed by atoms with Gasteiger partial charge in [0.1, 0.15) is 5.75 Å². The van der Waals surface area contributed by atoms with E-state index in [2.05, 4.69) is 4.72 Å². The molecule has 1 N–H and O–H groups in total. The van der Waals surface area contributed by atoms with Gasteiger partial charge in [-0.15, -0.1) is 0 Å². The van der Waals surface area contributed by atoms with Crippen LogP contribution in [0.2, 0.25) is 0 Å². The van der Waals surface area contributed by atoms with Gasteiger partial charge in [-0.3, -0.25) is 0 Å². The Balaban J connectivity index is 2.65. The number of nitrogens with one attached hydrogen (secondary N) is 1. The molecule has 5 heteroatoms. The molecule has 0 bridgehead atoms. The molecule has 4 nitrogen and oxygen atoms in total. The molecule has 0 aliphatic carbocycles. The molecule has 90 valence electrons. The van der Waals surface area contributed by atoms with Gasteiger partial charge < -0.3 is 4.74 Å². The van der Waals surface area contributed by atoms with Crippen LogP contribution < -0.4 is 9.46 Å². The average Bonchev–Trinajstić information content (AvgIpc) is 2.15. The highest BCUT2D eigenvalue weighted by atomic mass is 32.2. The van der Waals surface area contributed by atoms with Gasteiger partial charge in [-0.05, 0) is 31.0 Å². The second kappa shape index (κ2) is 5.32. The van der Waals surface area contributed by atoms with Gasteiger partial charge in [-0.25, -0.2) is 13.1 Å². The van der Waals surface area contributed by atoms with Crippen molar-refractivity contribution in [2.24, 2.45) is 0 Å². The first kappa shape index (κ1) is 13.0. The predicted octanol–water partition coefficient (Wildman–Crippen LogP) is 1.18. The monoisotopic (exact) mass is 243 g/mol. The van der Waals surface area contributed by atoms with E-state index < -0.39 is 10.0 Å². The molecular weight excluding hydrogens is 226 g/mol. The van der Waals surface area contributed by atoms with Crippen molar-refractivity contribution in [1.82, 2.24) is 4.72 Å². The molecule has 0 saturated carbocycles. The van der Waals surface area contributed by atoms with Crippen LogP contribution in [0.4, 0.5) is 0 Å². The molecule has 0 aliphatic rings. The minimum Gasteiger partial charge on any atom is -0.497 e.